The van der Waals surface area contributed by atoms with Gasteiger partial charge >= 0.3 is 0 Å². The van der Waals surface area contributed by atoms with Crippen LogP contribution in [0.25, 0.3) is 10.4 Å². The molecule has 0 heterocycles. The van der Waals surface area contributed by atoms with Crippen LogP contribution in [-0.2, 0) is 10.0 Å². The second-order valence-corrected chi connectivity index (χ2v) is 6.82. The van der Waals surface area contributed by atoms with E-state index in [0.29, 0.717) is 16.7 Å². The van der Waals surface area contributed by atoms with Gasteiger partial charge in [0, 0.05) is 10.5 Å². The summed E-state index contributed by atoms with van der Waals surface area (Å²) in [6, 6.07) is 14.5. The van der Waals surface area contributed by atoms with Crippen LogP contribution >= 0.6 is 0 Å². The maximum absolute atomic E-state index is 11.6. The van der Waals surface area contributed by atoms with Crippen molar-refractivity contribution in [2.24, 2.45) is 5.11 Å². The van der Waals surface area contributed by atoms with Gasteiger partial charge in [0.25, 0.3) is 0 Å². The van der Waals surface area contributed by atoms with E-state index in [0.717, 1.165) is 6.26 Å². The Labute approximate surface area is 145 Å². The van der Waals surface area contributed by atoms with E-state index in [1.807, 2.05) is 12.1 Å². The molecule has 0 spiro atoms. The van der Waals surface area contributed by atoms with E-state index in [1.54, 1.807) is 24.3 Å². The third-order valence-electron chi connectivity index (χ3n) is 3.09. The standard InChI is InChI=1S/C17H13N5O2S/c1-25(23,24)21-17(14-5-3-2-4-6-14)10-8-15-11-13(12-18)7-9-16(15)20-22-19/h2-7,9,11,17,21H,1H3. The van der Waals surface area contributed by atoms with Crippen LogP contribution in [0.5, 0.6) is 0 Å². The third kappa shape index (κ3) is 5.38. The molecule has 0 amide bonds. The first-order chi connectivity index (χ1) is 11.9. The Morgan fingerprint density at radius 1 is 1.24 bits per heavy atom. The van der Waals surface area contributed by atoms with Gasteiger partial charge in [-0.3, -0.25) is 0 Å². The SMILES string of the molecule is CS(=O)(=O)NC(C#Cc1cc(C#N)ccc1N=[N+]=[N-])c1ccccc1. The normalized spacial score (nSPS) is 11.4. The van der Waals surface area contributed by atoms with Crippen LogP contribution < -0.4 is 4.72 Å². The number of benzene rings is 2. The average molecular weight is 351 g/mol. The van der Waals surface area contributed by atoms with E-state index < -0.39 is 16.1 Å². The van der Waals surface area contributed by atoms with Gasteiger partial charge < -0.3 is 0 Å². The van der Waals surface area contributed by atoms with Crippen molar-refractivity contribution in [2.75, 3.05) is 6.26 Å². The third-order valence-corrected chi connectivity index (χ3v) is 3.76. The first-order valence-electron chi connectivity index (χ1n) is 7.06. The molecular formula is C17H13N5O2S. The van der Waals surface area contributed by atoms with Crippen molar-refractivity contribution in [1.29, 1.82) is 5.26 Å². The molecule has 1 atom stereocenters. The minimum absolute atomic E-state index is 0.264. The summed E-state index contributed by atoms with van der Waals surface area (Å²) < 4.78 is 25.7. The first-order valence-corrected chi connectivity index (χ1v) is 8.95. The summed E-state index contributed by atoms with van der Waals surface area (Å²) in [5.74, 6) is 5.63. The largest absolute Gasteiger partial charge is 0.213 e. The molecule has 124 valence electrons. The van der Waals surface area contributed by atoms with E-state index >= 15 is 0 Å². The maximum Gasteiger partial charge on any atom is 0.210 e. The Morgan fingerprint density at radius 3 is 2.56 bits per heavy atom. The van der Waals surface area contributed by atoms with Gasteiger partial charge in [0.05, 0.1) is 23.6 Å². The molecule has 0 bridgehead atoms. The molecule has 0 saturated carbocycles. The van der Waals surface area contributed by atoms with Crippen LogP contribution in [0.1, 0.15) is 22.7 Å². The van der Waals surface area contributed by atoms with Crippen molar-refractivity contribution in [3.8, 4) is 17.9 Å². The van der Waals surface area contributed by atoms with Gasteiger partial charge in [-0.2, -0.15) is 9.98 Å². The molecule has 0 fully saturated rings. The number of nitrogens with zero attached hydrogens (tertiary/aromatic N) is 4. The molecule has 1 unspecified atom stereocenters. The highest BCUT2D eigenvalue weighted by Crippen LogP contribution is 2.21. The summed E-state index contributed by atoms with van der Waals surface area (Å²) in [4.78, 5) is 2.73. The number of nitrogens with one attached hydrogen (secondary N) is 1. The lowest BCUT2D eigenvalue weighted by Gasteiger charge is -2.11. The number of hydrogen-bond acceptors (Lipinski definition) is 4. The molecule has 0 radical (unpaired) electrons. The summed E-state index contributed by atoms with van der Waals surface area (Å²) >= 11 is 0. The lowest BCUT2D eigenvalue weighted by atomic mass is 10.1. The maximum atomic E-state index is 11.6. The van der Waals surface area contributed by atoms with Crippen molar-refractivity contribution in [2.45, 2.75) is 6.04 Å². The fraction of sp³-hybridized carbons (Fsp3) is 0.118. The molecule has 2 aromatic rings. The summed E-state index contributed by atoms with van der Waals surface area (Å²) in [6.45, 7) is 0. The quantitative estimate of drug-likeness (QED) is 0.394. The van der Waals surface area contributed by atoms with E-state index in [-0.39, 0.29) is 5.69 Å². The highest BCUT2D eigenvalue weighted by molar-refractivity contribution is 7.88. The summed E-state index contributed by atoms with van der Waals surface area (Å²) in [5, 5.41) is 12.5. The predicted octanol–water partition coefficient (Wildman–Crippen LogP) is 3.14. The molecule has 0 aliphatic carbocycles. The average Bonchev–Trinajstić information content (AvgIpc) is 2.59. The minimum Gasteiger partial charge on any atom is -0.213 e. The second kappa shape index (κ2) is 8.00. The van der Waals surface area contributed by atoms with Crippen LogP contribution in [0, 0.1) is 23.2 Å². The van der Waals surface area contributed by atoms with Crippen LogP contribution in [-0.4, -0.2) is 14.7 Å². The van der Waals surface area contributed by atoms with Crippen molar-refractivity contribution in [3.05, 3.63) is 75.7 Å². The molecule has 25 heavy (non-hydrogen) atoms. The Balaban J connectivity index is 2.51. The van der Waals surface area contributed by atoms with Gasteiger partial charge in [-0.15, -0.1) is 0 Å². The van der Waals surface area contributed by atoms with Crippen LogP contribution in [0.2, 0.25) is 0 Å². The summed E-state index contributed by atoms with van der Waals surface area (Å²) in [7, 11) is -3.50. The Bertz CT molecular complexity index is 1020. The number of hydrogen-bond donors (Lipinski definition) is 1. The zero-order valence-corrected chi connectivity index (χ0v) is 14.0. The molecule has 8 heteroatoms. The molecule has 0 aliphatic rings. The van der Waals surface area contributed by atoms with Crippen LogP contribution in [0.15, 0.2) is 53.6 Å². The summed E-state index contributed by atoms with van der Waals surface area (Å²) in [6.07, 6.45) is 1.05. The molecule has 0 aliphatic heterocycles. The Hall–Kier alpha value is -3.29. The van der Waals surface area contributed by atoms with E-state index in [2.05, 4.69) is 26.6 Å². The van der Waals surface area contributed by atoms with Crippen molar-refractivity contribution < 1.29 is 8.42 Å². The predicted molar refractivity (Wildman–Crippen MR) is 94.0 cm³/mol. The van der Waals surface area contributed by atoms with Crippen LogP contribution in [0.3, 0.4) is 0 Å². The van der Waals surface area contributed by atoms with Gasteiger partial charge in [0.15, 0.2) is 0 Å². The summed E-state index contributed by atoms with van der Waals surface area (Å²) in [5.41, 5.74) is 10.3. The lowest BCUT2D eigenvalue weighted by molar-refractivity contribution is 0.582. The van der Waals surface area contributed by atoms with Crippen molar-refractivity contribution in [1.82, 2.24) is 4.72 Å². The zero-order chi connectivity index (χ0) is 18.3. The molecule has 0 aromatic heterocycles. The molecule has 2 aromatic carbocycles. The molecule has 0 saturated heterocycles. The van der Waals surface area contributed by atoms with Gasteiger partial charge in [-0.25, -0.2) is 8.42 Å². The highest BCUT2D eigenvalue weighted by atomic mass is 32.2. The van der Waals surface area contributed by atoms with Gasteiger partial charge in [-0.1, -0.05) is 53.4 Å². The minimum atomic E-state index is -3.50. The van der Waals surface area contributed by atoms with Crippen molar-refractivity contribution in [3.63, 3.8) is 0 Å². The Morgan fingerprint density at radius 2 is 1.96 bits per heavy atom. The fourth-order valence-corrected chi connectivity index (χ4v) is 2.65. The number of sulfonamides is 1. The van der Waals surface area contributed by atoms with Gasteiger partial charge in [0.1, 0.15) is 6.04 Å². The van der Waals surface area contributed by atoms with E-state index in [4.69, 9.17) is 10.8 Å². The fourth-order valence-electron chi connectivity index (χ4n) is 2.03. The second-order valence-electron chi connectivity index (χ2n) is 5.04. The smallest absolute Gasteiger partial charge is 0.210 e. The molecule has 7 nitrogen and oxygen atoms in total. The topological polar surface area (TPSA) is 119 Å². The molecule has 1 N–H and O–H groups in total. The molecule has 2 rings (SSSR count). The van der Waals surface area contributed by atoms with Gasteiger partial charge in [-0.05, 0) is 23.2 Å². The number of azide groups is 1. The Kier molecular flexibility index (Phi) is 5.78. The lowest BCUT2D eigenvalue weighted by Crippen LogP contribution is -2.26. The monoisotopic (exact) mass is 351 g/mol. The van der Waals surface area contributed by atoms with Gasteiger partial charge in [0.2, 0.25) is 10.0 Å². The zero-order valence-electron chi connectivity index (χ0n) is 13.2. The molecular weight excluding hydrogens is 338 g/mol. The highest BCUT2D eigenvalue weighted by Gasteiger charge is 2.13. The van der Waals surface area contributed by atoms with Crippen LogP contribution in [0.4, 0.5) is 5.69 Å². The number of nitriles is 1. The first kappa shape index (κ1) is 18.1. The number of rotatable bonds is 4. The van der Waals surface area contributed by atoms with E-state index in [1.165, 1.54) is 18.2 Å². The van der Waals surface area contributed by atoms with E-state index in [9.17, 15) is 8.42 Å². The van der Waals surface area contributed by atoms with Crippen molar-refractivity contribution >= 4 is 15.7 Å².